The van der Waals surface area contributed by atoms with E-state index in [1.807, 2.05) is 36.4 Å². The van der Waals surface area contributed by atoms with Crippen molar-refractivity contribution in [3.05, 3.63) is 92.8 Å². The first kappa shape index (κ1) is 21.2. The molecule has 3 aromatic carbocycles. The molecule has 0 aliphatic heterocycles. The molecular weight excluding hydrogens is 455 g/mol. The number of thiophene rings is 1. The second-order valence-corrected chi connectivity index (χ2v) is 8.61. The fraction of sp³-hybridized carbons (Fsp3) is 0.0435. The van der Waals surface area contributed by atoms with Crippen LogP contribution in [0.15, 0.2) is 66.7 Å². The van der Waals surface area contributed by atoms with Gasteiger partial charge in [0.25, 0.3) is 5.91 Å². The van der Waals surface area contributed by atoms with Crippen LogP contribution in [-0.4, -0.2) is 17.0 Å². The summed E-state index contributed by atoms with van der Waals surface area (Å²) >= 11 is 13.6. The molecule has 1 amide bonds. The summed E-state index contributed by atoms with van der Waals surface area (Å²) in [6, 6.07) is 19.5. The molecule has 156 valence electrons. The van der Waals surface area contributed by atoms with E-state index in [0.29, 0.717) is 27.2 Å². The van der Waals surface area contributed by atoms with Gasteiger partial charge in [0, 0.05) is 27.3 Å². The second-order valence-electron chi connectivity index (χ2n) is 6.74. The first-order valence-corrected chi connectivity index (χ1v) is 10.8. The molecule has 1 heterocycles. The summed E-state index contributed by atoms with van der Waals surface area (Å²) in [6.07, 6.45) is 0. The van der Waals surface area contributed by atoms with Crippen molar-refractivity contribution in [1.82, 2.24) is 0 Å². The number of carboxylic acid groups (broad SMARTS) is 1. The van der Waals surface area contributed by atoms with Crippen LogP contribution in [0.2, 0.25) is 10.0 Å². The number of hydrogen-bond acceptors (Lipinski definition) is 4. The lowest BCUT2D eigenvalue weighted by Crippen LogP contribution is -2.14. The summed E-state index contributed by atoms with van der Waals surface area (Å²) in [5.74, 6) is -1.59. The van der Waals surface area contributed by atoms with E-state index in [2.05, 4.69) is 10.6 Å². The fourth-order valence-electron chi connectivity index (χ4n) is 3.09. The monoisotopic (exact) mass is 470 g/mol. The lowest BCUT2D eigenvalue weighted by atomic mass is 10.1. The van der Waals surface area contributed by atoms with Crippen LogP contribution in [0.3, 0.4) is 0 Å². The number of anilines is 2. The predicted molar refractivity (Wildman–Crippen MR) is 127 cm³/mol. The van der Waals surface area contributed by atoms with E-state index < -0.39 is 11.9 Å². The Morgan fingerprint density at radius 2 is 1.71 bits per heavy atom. The summed E-state index contributed by atoms with van der Waals surface area (Å²) in [7, 11) is 0. The predicted octanol–water partition coefficient (Wildman–Crippen LogP) is 6.77. The second kappa shape index (κ2) is 8.98. The third-order valence-electron chi connectivity index (χ3n) is 4.65. The van der Waals surface area contributed by atoms with Gasteiger partial charge >= 0.3 is 5.97 Å². The zero-order valence-electron chi connectivity index (χ0n) is 16.0. The number of carbonyl (C=O) groups excluding carboxylic acids is 1. The first-order valence-electron chi connectivity index (χ1n) is 9.26. The molecule has 0 saturated heterocycles. The summed E-state index contributed by atoms with van der Waals surface area (Å²) in [4.78, 5) is 24.9. The minimum Gasteiger partial charge on any atom is -0.478 e. The summed E-state index contributed by atoms with van der Waals surface area (Å²) in [5, 5.41) is 17.3. The minimum atomic E-state index is -1.14. The van der Waals surface area contributed by atoms with Crippen molar-refractivity contribution in [3.63, 3.8) is 0 Å². The molecule has 1 aromatic heterocycles. The molecule has 0 aliphatic carbocycles. The number of hydrogen-bond donors (Lipinski definition) is 3. The van der Waals surface area contributed by atoms with Gasteiger partial charge in [-0.25, -0.2) is 4.79 Å². The van der Waals surface area contributed by atoms with Gasteiger partial charge in [-0.1, -0.05) is 53.5 Å². The number of rotatable bonds is 6. The molecule has 0 bridgehead atoms. The van der Waals surface area contributed by atoms with Crippen molar-refractivity contribution in [2.24, 2.45) is 0 Å². The minimum absolute atomic E-state index is 0.0115. The highest BCUT2D eigenvalue weighted by molar-refractivity contribution is 7.21. The number of aromatic carboxylic acids is 1. The van der Waals surface area contributed by atoms with Crippen molar-refractivity contribution in [2.75, 3.05) is 10.6 Å². The van der Waals surface area contributed by atoms with E-state index in [1.54, 1.807) is 24.3 Å². The third-order valence-corrected chi connectivity index (χ3v) is 6.58. The maximum Gasteiger partial charge on any atom is 0.337 e. The number of halogens is 2. The Morgan fingerprint density at radius 3 is 2.42 bits per heavy atom. The van der Waals surface area contributed by atoms with Crippen LogP contribution in [0.1, 0.15) is 25.6 Å². The van der Waals surface area contributed by atoms with E-state index >= 15 is 0 Å². The van der Waals surface area contributed by atoms with Crippen LogP contribution in [0.5, 0.6) is 0 Å². The number of carbonyl (C=O) groups is 2. The summed E-state index contributed by atoms with van der Waals surface area (Å²) in [5.41, 5.74) is 1.85. The molecule has 0 unspecified atom stereocenters. The Bertz CT molecular complexity index is 1290. The van der Waals surface area contributed by atoms with Gasteiger partial charge in [-0.2, -0.15) is 0 Å². The fourth-order valence-corrected chi connectivity index (χ4v) is 4.63. The Hall–Kier alpha value is -3.06. The normalized spacial score (nSPS) is 10.8. The van der Waals surface area contributed by atoms with E-state index in [4.69, 9.17) is 23.2 Å². The standard InChI is InChI=1S/C23H16Cl2N2O3S/c24-14-7-5-13(6-8-14)12-26-15-9-10-16(23(29)30)18(11-15)27-22(28)21-20(25)17-3-1-2-4-19(17)31-21/h1-11,26H,12H2,(H,27,28)(H,29,30). The number of fused-ring (bicyclic) bond motifs is 1. The van der Waals surface area contributed by atoms with E-state index in [1.165, 1.54) is 17.4 Å². The summed E-state index contributed by atoms with van der Waals surface area (Å²) in [6.45, 7) is 0.513. The topological polar surface area (TPSA) is 78.4 Å². The van der Waals surface area contributed by atoms with Crippen molar-refractivity contribution < 1.29 is 14.7 Å². The SMILES string of the molecule is O=C(O)c1ccc(NCc2ccc(Cl)cc2)cc1NC(=O)c1sc2ccccc2c1Cl. The molecule has 0 saturated carbocycles. The highest BCUT2D eigenvalue weighted by Crippen LogP contribution is 2.36. The average molecular weight is 471 g/mol. The van der Waals surface area contributed by atoms with E-state index in [0.717, 1.165) is 15.6 Å². The smallest absolute Gasteiger partial charge is 0.337 e. The number of amides is 1. The molecule has 0 radical (unpaired) electrons. The van der Waals surface area contributed by atoms with Gasteiger partial charge in [0.05, 0.1) is 16.3 Å². The van der Waals surface area contributed by atoms with Gasteiger partial charge in [-0.15, -0.1) is 11.3 Å². The average Bonchev–Trinajstić information content (AvgIpc) is 3.10. The molecule has 0 aliphatic rings. The summed E-state index contributed by atoms with van der Waals surface area (Å²) < 4.78 is 0.884. The largest absolute Gasteiger partial charge is 0.478 e. The number of nitrogens with one attached hydrogen (secondary N) is 2. The zero-order valence-corrected chi connectivity index (χ0v) is 18.3. The lowest BCUT2D eigenvalue weighted by molar-refractivity contribution is 0.0698. The first-order chi connectivity index (χ1) is 14.9. The third kappa shape index (κ3) is 4.66. The number of benzene rings is 3. The molecule has 8 heteroatoms. The Labute approximate surface area is 192 Å². The molecular formula is C23H16Cl2N2O3S. The van der Waals surface area contributed by atoms with Crippen LogP contribution < -0.4 is 10.6 Å². The van der Waals surface area contributed by atoms with Crippen LogP contribution in [0.4, 0.5) is 11.4 Å². The van der Waals surface area contributed by atoms with Gasteiger partial charge in [0.15, 0.2) is 0 Å². The molecule has 4 rings (SSSR count). The lowest BCUT2D eigenvalue weighted by Gasteiger charge is -2.12. The van der Waals surface area contributed by atoms with Crippen LogP contribution in [0.25, 0.3) is 10.1 Å². The number of carboxylic acids is 1. The highest BCUT2D eigenvalue weighted by Gasteiger charge is 2.20. The highest BCUT2D eigenvalue weighted by atomic mass is 35.5. The van der Waals surface area contributed by atoms with Gasteiger partial charge in [0.1, 0.15) is 4.88 Å². The van der Waals surface area contributed by atoms with Crippen molar-refractivity contribution in [3.8, 4) is 0 Å². The molecule has 31 heavy (non-hydrogen) atoms. The van der Waals surface area contributed by atoms with Gasteiger partial charge < -0.3 is 15.7 Å². The van der Waals surface area contributed by atoms with Gasteiger partial charge in [-0.3, -0.25) is 4.79 Å². The zero-order chi connectivity index (χ0) is 22.0. The van der Waals surface area contributed by atoms with Crippen LogP contribution in [0, 0.1) is 0 Å². The van der Waals surface area contributed by atoms with Crippen LogP contribution in [-0.2, 0) is 6.54 Å². The van der Waals surface area contributed by atoms with Crippen molar-refractivity contribution in [2.45, 2.75) is 6.54 Å². The van der Waals surface area contributed by atoms with Gasteiger partial charge in [-0.05, 0) is 42.0 Å². The molecule has 0 fully saturated rings. The van der Waals surface area contributed by atoms with E-state index in [9.17, 15) is 14.7 Å². The molecule has 3 N–H and O–H groups in total. The molecule has 0 spiro atoms. The Kier molecular flexibility index (Phi) is 6.13. The quantitative estimate of drug-likeness (QED) is 0.290. The van der Waals surface area contributed by atoms with Crippen LogP contribution >= 0.6 is 34.5 Å². The van der Waals surface area contributed by atoms with E-state index in [-0.39, 0.29) is 11.3 Å². The Morgan fingerprint density at radius 1 is 0.968 bits per heavy atom. The molecule has 0 atom stereocenters. The Balaban J connectivity index is 1.58. The van der Waals surface area contributed by atoms with Crippen molar-refractivity contribution >= 4 is 67.9 Å². The maximum absolute atomic E-state index is 12.9. The van der Waals surface area contributed by atoms with Gasteiger partial charge in [0.2, 0.25) is 0 Å². The van der Waals surface area contributed by atoms with Crippen molar-refractivity contribution in [1.29, 1.82) is 0 Å². The molecule has 5 nitrogen and oxygen atoms in total. The maximum atomic E-state index is 12.9. The molecule has 4 aromatic rings.